The van der Waals surface area contributed by atoms with E-state index in [1.165, 1.54) is 0 Å². The van der Waals surface area contributed by atoms with Gasteiger partial charge < -0.3 is 5.32 Å². The zero-order valence-corrected chi connectivity index (χ0v) is 14.0. The predicted molar refractivity (Wildman–Crippen MR) is 84.6 cm³/mol. The van der Waals surface area contributed by atoms with Gasteiger partial charge in [-0.05, 0) is 29.2 Å². The molecular weight excluding hydrogens is 314 g/mol. The molecule has 0 unspecified atom stereocenters. The Hall–Kier alpha value is -0.830. The highest BCUT2D eigenvalue weighted by Crippen LogP contribution is 2.79. The first-order valence-corrected chi connectivity index (χ1v) is 8.24. The molecule has 2 bridgehead atoms. The van der Waals surface area contributed by atoms with Crippen LogP contribution in [0.25, 0.3) is 0 Å². The summed E-state index contributed by atoms with van der Waals surface area (Å²) in [5.41, 5.74) is 1.23. The number of hydrogen-bond acceptors (Lipinski definition) is 1. The van der Waals surface area contributed by atoms with Gasteiger partial charge in [0.1, 0.15) is 0 Å². The molecule has 3 aliphatic rings. The standard InChI is InChI=1S/C17H22BrNO/c1-15(2)16(3)9-10-17(15,13(16)18)14(20)19-11-12-7-5-4-6-8-12/h4-8,13H,9-11H2,1-3H3,(H,19,20)/t13-,16+,17-/m1/s1. The van der Waals surface area contributed by atoms with E-state index in [9.17, 15) is 4.79 Å². The van der Waals surface area contributed by atoms with Crippen LogP contribution in [-0.2, 0) is 11.3 Å². The summed E-state index contributed by atoms with van der Waals surface area (Å²) in [5.74, 6) is 0.211. The highest BCUT2D eigenvalue weighted by atomic mass is 79.9. The Balaban J connectivity index is 1.75. The van der Waals surface area contributed by atoms with Crippen molar-refractivity contribution in [2.75, 3.05) is 0 Å². The quantitative estimate of drug-likeness (QED) is 0.834. The van der Waals surface area contributed by atoms with Crippen LogP contribution in [0, 0.1) is 16.2 Å². The third-order valence-electron chi connectivity index (χ3n) is 6.27. The van der Waals surface area contributed by atoms with Crippen molar-refractivity contribution in [1.82, 2.24) is 5.32 Å². The summed E-state index contributed by atoms with van der Waals surface area (Å²) in [5, 5.41) is 3.15. The topological polar surface area (TPSA) is 29.1 Å². The summed E-state index contributed by atoms with van der Waals surface area (Å²) >= 11 is 3.81. The Morgan fingerprint density at radius 1 is 1.25 bits per heavy atom. The lowest BCUT2D eigenvalue weighted by Crippen LogP contribution is -2.69. The van der Waals surface area contributed by atoms with E-state index in [1.807, 2.05) is 30.3 Å². The smallest absolute Gasteiger partial charge is 0.228 e. The van der Waals surface area contributed by atoms with E-state index >= 15 is 0 Å². The van der Waals surface area contributed by atoms with E-state index in [4.69, 9.17) is 0 Å². The Kier molecular flexibility index (Phi) is 3.06. The third kappa shape index (κ3) is 1.47. The molecule has 20 heavy (non-hydrogen) atoms. The average Bonchev–Trinajstić information content (AvgIpc) is 2.85. The molecule has 4 rings (SSSR count). The van der Waals surface area contributed by atoms with Gasteiger partial charge in [0.15, 0.2) is 0 Å². The average molecular weight is 336 g/mol. The van der Waals surface area contributed by atoms with Gasteiger partial charge in [-0.2, -0.15) is 0 Å². The van der Waals surface area contributed by atoms with Crippen LogP contribution < -0.4 is 5.32 Å². The SMILES string of the molecule is CC1(C)[C@@]2(C)CC[C@]1(C(=O)NCc1ccccc1)[C@@H]2Br. The molecule has 3 saturated carbocycles. The zero-order chi connectivity index (χ0) is 14.6. The van der Waals surface area contributed by atoms with Crippen molar-refractivity contribution < 1.29 is 4.79 Å². The van der Waals surface area contributed by atoms with Crippen molar-refractivity contribution in [3.63, 3.8) is 0 Å². The summed E-state index contributed by atoms with van der Waals surface area (Å²) in [6.45, 7) is 7.43. The summed E-state index contributed by atoms with van der Waals surface area (Å²) in [6.07, 6.45) is 2.13. The number of benzene rings is 1. The number of halogens is 1. The minimum Gasteiger partial charge on any atom is -0.351 e. The first-order valence-electron chi connectivity index (χ1n) is 7.32. The summed E-state index contributed by atoms with van der Waals surface area (Å²) in [4.78, 5) is 13.1. The molecule has 0 heterocycles. The number of carbonyl (C=O) groups is 1. The summed E-state index contributed by atoms with van der Waals surface area (Å²) in [7, 11) is 0. The number of nitrogens with one attached hydrogen (secondary N) is 1. The van der Waals surface area contributed by atoms with Gasteiger partial charge in [0.05, 0.1) is 5.41 Å². The van der Waals surface area contributed by atoms with Gasteiger partial charge in [-0.3, -0.25) is 4.79 Å². The lowest BCUT2D eigenvalue weighted by molar-refractivity contribution is -0.161. The fraction of sp³-hybridized carbons (Fsp3) is 0.588. The number of amides is 1. The van der Waals surface area contributed by atoms with Gasteiger partial charge in [-0.1, -0.05) is 67.0 Å². The second kappa shape index (κ2) is 4.33. The minimum absolute atomic E-state index is 0.0644. The second-order valence-corrected chi connectivity index (χ2v) is 7.96. The molecule has 108 valence electrons. The summed E-state index contributed by atoms with van der Waals surface area (Å²) in [6, 6.07) is 10.1. The van der Waals surface area contributed by atoms with Crippen molar-refractivity contribution in [1.29, 1.82) is 0 Å². The number of fused-ring (bicyclic) bond motifs is 1. The molecular formula is C17H22BrNO. The van der Waals surface area contributed by atoms with Crippen LogP contribution in [0.3, 0.4) is 0 Å². The molecule has 1 aromatic carbocycles. The predicted octanol–water partition coefficient (Wildman–Crippen LogP) is 3.89. The van der Waals surface area contributed by atoms with E-state index in [-0.39, 0.29) is 22.2 Å². The largest absolute Gasteiger partial charge is 0.351 e. The van der Waals surface area contributed by atoms with Crippen molar-refractivity contribution >= 4 is 21.8 Å². The Morgan fingerprint density at radius 2 is 1.90 bits per heavy atom. The molecule has 3 aliphatic carbocycles. The van der Waals surface area contributed by atoms with Gasteiger partial charge in [-0.25, -0.2) is 0 Å². The number of carbonyl (C=O) groups excluding carboxylic acids is 1. The van der Waals surface area contributed by atoms with Gasteiger partial charge >= 0.3 is 0 Å². The number of alkyl halides is 1. The van der Waals surface area contributed by atoms with Crippen molar-refractivity contribution in [2.45, 2.75) is 45.0 Å². The van der Waals surface area contributed by atoms with Crippen molar-refractivity contribution in [3.8, 4) is 0 Å². The third-order valence-corrected chi connectivity index (χ3v) is 8.07. The van der Waals surface area contributed by atoms with Crippen LogP contribution in [0.15, 0.2) is 30.3 Å². The molecule has 3 atom stereocenters. The molecule has 1 amide bonds. The molecule has 0 aliphatic heterocycles. The van der Waals surface area contributed by atoms with Gasteiger partial charge in [0.25, 0.3) is 0 Å². The molecule has 3 fully saturated rings. The van der Waals surface area contributed by atoms with Crippen LogP contribution >= 0.6 is 15.9 Å². The molecule has 1 aromatic rings. The zero-order valence-electron chi connectivity index (χ0n) is 12.4. The van der Waals surface area contributed by atoms with Gasteiger partial charge in [0.2, 0.25) is 5.91 Å². The maximum absolute atomic E-state index is 12.8. The van der Waals surface area contributed by atoms with Crippen LogP contribution in [0.1, 0.15) is 39.2 Å². The van der Waals surface area contributed by atoms with Crippen LogP contribution in [0.2, 0.25) is 0 Å². The highest BCUT2D eigenvalue weighted by Gasteiger charge is 2.79. The van der Waals surface area contributed by atoms with E-state index in [0.717, 1.165) is 18.4 Å². The van der Waals surface area contributed by atoms with Gasteiger partial charge in [-0.15, -0.1) is 0 Å². The maximum atomic E-state index is 12.8. The van der Waals surface area contributed by atoms with E-state index in [2.05, 4.69) is 42.0 Å². The minimum atomic E-state index is -0.240. The highest BCUT2D eigenvalue weighted by molar-refractivity contribution is 9.09. The van der Waals surface area contributed by atoms with E-state index < -0.39 is 0 Å². The lowest BCUT2D eigenvalue weighted by atomic mass is 9.43. The molecule has 3 heteroatoms. The van der Waals surface area contributed by atoms with Crippen LogP contribution in [-0.4, -0.2) is 10.7 Å². The van der Waals surface area contributed by atoms with Gasteiger partial charge in [0, 0.05) is 11.4 Å². The van der Waals surface area contributed by atoms with E-state index in [0.29, 0.717) is 11.4 Å². The Labute approximate surface area is 129 Å². The first kappa shape index (κ1) is 14.1. The number of hydrogen-bond donors (Lipinski definition) is 1. The lowest BCUT2D eigenvalue weighted by Gasteiger charge is -2.64. The summed E-state index contributed by atoms with van der Waals surface area (Å²) < 4.78 is 0. The Bertz CT molecular complexity index is 541. The normalized spacial score (nSPS) is 37.3. The second-order valence-electron chi connectivity index (χ2n) is 7.04. The Morgan fingerprint density at radius 3 is 2.40 bits per heavy atom. The van der Waals surface area contributed by atoms with Crippen LogP contribution in [0.5, 0.6) is 0 Å². The molecule has 0 saturated heterocycles. The van der Waals surface area contributed by atoms with Crippen LogP contribution in [0.4, 0.5) is 0 Å². The molecule has 2 nitrogen and oxygen atoms in total. The first-order chi connectivity index (χ1) is 9.36. The molecule has 0 aromatic heterocycles. The maximum Gasteiger partial charge on any atom is 0.228 e. The van der Waals surface area contributed by atoms with E-state index in [1.54, 1.807) is 0 Å². The number of rotatable bonds is 3. The van der Waals surface area contributed by atoms with Crippen molar-refractivity contribution in [2.24, 2.45) is 16.2 Å². The fourth-order valence-electron chi connectivity index (χ4n) is 4.39. The fourth-order valence-corrected chi connectivity index (χ4v) is 6.20. The van der Waals surface area contributed by atoms with Crippen molar-refractivity contribution in [3.05, 3.63) is 35.9 Å². The molecule has 0 radical (unpaired) electrons. The molecule has 0 spiro atoms. The molecule has 1 N–H and O–H groups in total. The monoisotopic (exact) mass is 335 g/mol.